The van der Waals surface area contributed by atoms with Crippen molar-refractivity contribution in [2.24, 2.45) is 0 Å². The van der Waals surface area contributed by atoms with Gasteiger partial charge < -0.3 is 23.7 Å². The normalized spacial score (nSPS) is 13.0. The number of benzene rings is 7. The van der Waals surface area contributed by atoms with Crippen molar-refractivity contribution < 1.29 is 25.8 Å². The third-order valence-electron chi connectivity index (χ3n) is 12.2. The van der Waals surface area contributed by atoms with E-state index in [4.69, 9.17) is 9.72 Å². The fourth-order valence-electron chi connectivity index (χ4n) is 8.94. The minimum atomic E-state index is -0.0558. The molecule has 11 rings (SSSR count). The van der Waals surface area contributed by atoms with Crippen LogP contribution in [0.4, 0.5) is 22.7 Å². The van der Waals surface area contributed by atoms with Gasteiger partial charge in [-0.25, -0.2) is 4.98 Å². The fourth-order valence-corrected chi connectivity index (χ4v) is 8.94. The Kier molecular flexibility index (Phi) is 9.84. The Morgan fingerprint density at radius 2 is 1.13 bits per heavy atom. The molecule has 0 bridgehead atoms. The van der Waals surface area contributed by atoms with Crippen LogP contribution in [-0.4, -0.2) is 14.1 Å². The summed E-state index contributed by atoms with van der Waals surface area (Å²) in [6, 6.07) is 63.1. The number of aromatic nitrogens is 3. The first kappa shape index (κ1) is 40.5. The summed E-state index contributed by atoms with van der Waals surface area (Å²) >= 11 is 0. The van der Waals surface area contributed by atoms with Crippen LogP contribution in [0.15, 0.2) is 164 Å². The van der Waals surface area contributed by atoms with Gasteiger partial charge in [-0.05, 0) is 94.1 Å². The summed E-state index contributed by atoms with van der Waals surface area (Å²) in [5.74, 6) is 2.03. The minimum absolute atomic E-state index is 0. The molecule has 63 heavy (non-hydrogen) atoms. The van der Waals surface area contributed by atoms with Crippen LogP contribution >= 0.6 is 0 Å². The average Bonchev–Trinajstić information content (AvgIpc) is 3.94. The Bertz CT molecular complexity index is 3310. The van der Waals surface area contributed by atoms with E-state index in [1.54, 1.807) is 0 Å². The molecule has 4 heterocycles. The molecule has 0 N–H and O–H groups in total. The van der Waals surface area contributed by atoms with Crippen molar-refractivity contribution in [1.82, 2.24) is 14.1 Å². The zero-order chi connectivity index (χ0) is 42.3. The quantitative estimate of drug-likeness (QED) is 0.156. The Labute approximate surface area is 383 Å². The Hall–Kier alpha value is -6.62. The van der Waals surface area contributed by atoms with Gasteiger partial charge in [0.2, 0.25) is 0 Å². The molecule has 0 saturated heterocycles. The van der Waals surface area contributed by atoms with Crippen molar-refractivity contribution >= 4 is 66.4 Å². The van der Waals surface area contributed by atoms with Crippen LogP contribution in [0.25, 0.3) is 55.1 Å². The van der Waals surface area contributed by atoms with Crippen LogP contribution in [0.3, 0.4) is 0 Å². The summed E-state index contributed by atoms with van der Waals surface area (Å²) in [4.78, 5) is 9.39. The second-order valence-electron chi connectivity index (χ2n) is 18.3. The molecule has 0 saturated carbocycles. The van der Waals surface area contributed by atoms with E-state index < -0.39 is 0 Å². The molecular formula is C56H46N5OPt-3. The van der Waals surface area contributed by atoms with Gasteiger partial charge in [-0.3, -0.25) is 0 Å². The number of hydrogen-bond donors (Lipinski definition) is 0. The molecule has 0 radical (unpaired) electrons. The molecule has 1 aliphatic heterocycles. The maximum Gasteiger partial charge on any atom is 0.135 e. The number of pyridine rings is 1. The topological polar surface area (TPSA) is 38.5 Å². The van der Waals surface area contributed by atoms with Gasteiger partial charge in [0.25, 0.3) is 0 Å². The molecular weight excluding hydrogens is 954 g/mol. The third-order valence-corrected chi connectivity index (χ3v) is 12.2. The monoisotopic (exact) mass is 999 g/mol. The van der Waals surface area contributed by atoms with Crippen molar-refractivity contribution in [3.05, 3.63) is 194 Å². The van der Waals surface area contributed by atoms with Gasteiger partial charge in [0.15, 0.2) is 0 Å². The predicted octanol–water partition coefficient (Wildman–Crippen LogP) is 14.7. The third kappa shape index (κ3) is 6.98. The van der Waals surface area contributed by atoms with Gasteiger partial charge in [-0.1, -0.05) is 108 Å². The second kappa shape index (κ2) is 15.3. The van der Waals surface area contributed by atoms with E-state index in [2.05, 4.69) is 219 Å². The summed E-state index contributed by atoms with van der Waals surface area (Å²) in [6.07, 6.45) is 1.91. The standard InChI is InChI=1S/C56H46N5O.Pt/c1-55(2,3)37-15-13-16-39(31-37)58-36-59(52-24-12-11-23-51(52)58)40-17-14-18-42(33-40)62-43-26-27-46-47-34-41(60-48-21-9-7-19-44(48)45-20-8-10-22-49(45)60)25-28-50(47)61(53(46)35-43)54-32-38(29-30-57-54)56(4,5)6;/h7-32,34,36H,1-6H3;/q-3;. The van der Waals surface area contributed by atoms with Crippen molar-refractivity contribution in [3.8, 4) is 23.0 Å². The number of fused-ring (bicyclic) bond motifs is 7. The van der Waals surface area contributed by atoms with Crippen LogP contribution in [0.1, 0.15) is 52.7 Å². The molecule has 0 spiro atoms. The molecule has 314 valence electrons. The molecule has 0 amide bonds. The molecule has 0 aliphatic carbocycles. The summed E-state index contributed by atoms with van der Waals surface area (Å²) in [5.41, 5.74) is 12.0. The molecule has 0 fully saturated rings. The van der Waals surface area contributed by atoms with Crippen molar-refractivity contribution in [1.29, 1.82) is 0 Å². The van der Waals surface area contributed by atoms with Crippen LogP contribution in [0, 0.1) is 18.8 Å². The number of hydrogen-bond acceptors (Lipinski definition) is 4. The number of nitrogens with zero attached hydrogens (tertiary/aromatic N) is 5. The first-order chi connectivity index (χ1) is 30.0. The van der Waals surface area contributed by atoms with Crippen molar-refractivity contribution in [2.75, 3.05) is 9.80 Å². The fraction of sp³-hybridized carbons (Fsp3) is 0.143. The molecule has 3 aromatic heterocycles. The van der Waals surface area contributed by atoms with Crippen molar-refractivity contribution in [2.45, 2.75) is 52.4 Å². The van der Waals surface area contributed by atoms with E-state index in [1.807, 2.05) is 24.4 Å². The predicted molar refractivity (Wildman–Crippen MR) is 256 cm³/mol. The number of para-hydroxylation sites is 4. The second-order valence-corrected chi connectivity index (χ2v) is 18.3. The van der Waals surface area contributed by atoms with E-state index >= 15 is 0 Å². The first-order valence-corrected chi connectivity index (χ1v) is 21.3. The molecule has 7 aromatic carbocycles. The van der Waals surface area contributed by atoms with Crippen LogP contribution in [0.2, 0.25) is 0 Å². The van der Waals surface area contributed by atoms with Gasteiger partial charge in [0, 0.05) is 77.8 Å². The van der Waals surface area contributed by atoms with Crippen LogP contribution in [0.5, 0.6) is 11.5 Å². The maximum absolute atomic E-state index is 6.68. The van der Waals surface area contributed by atoms with E-state index in [-0.39, 0.29) is 31.9 Å². The zero-order valence-corrected chi connectivity index (χ0v) is 38.4. The Morgan fingerprint density at radius 3 is 1.86 bits per heavy atom. The van der Waals surface area contributed by atoms with Crippen LogP contribution < -0.4 is 14.5 Å². The minimum Gasteiger partial charge on any atom is -0.509 e. The molecule has 1 aliphatic rings. The van der Waals surface area contributed by atoms with Crippen molar-refractivity contribution in [3.63, 3.8) is 0 Å². The van der Waals surface area contributed by atoms with E-state index in [0.717, 1.165) is 56.1 Å². The van der Waals surface area contributed by atoms with E-state index in [0.29, 0.717) is 11.5 Å². The largest absolute Gasteiger partial charge is 0.509 e. The number of anilines is 4. The van der Waals surface area contributed by atoms with Gasteiger partial charge in [0.1, 0.15) is 5.82 Å². The van der Waals surface area contributed by atoms with Gasteiger partial charge in [0.05, 0.1) is 11.0 Å². The Morgan fingerprint density at radius 1 is 0.492 bits per heavy atom. The average molecular weight is 1000 g/mol. The summed E-state index contributed by atoms with van der Waals surface area (Å²) in [5, 5.41) is 4.65. The Balaban J connectivity index is 0.00000471. The molecule has 6 nitrogen and oxygen atoms in total. The zero-order valence-electron chi connectivity index (χ0n) is 36.1. The molecule has 0 unspecified atom stereocenters. The number of ether oxygens (including phenoxy) is 1. The first-order valence-electron chi connectivity index (χ1n) is 21.3. The smallest absolute Gasteiger partial charge is 0.135 e. The summed E-state index contributed by atoms with van der Waals surface area (Å²) in [6.45, 7) is 15.6. The van der Waals surface area contributed by atoms with E-state index in [1.165, 1.54) is 32.9 Å². The van der Waals surface area contributed by atoms with E-state index in [9.17, 15) is 0 Å². The molecule has 7 heteroatoms. The van der Waals surface area contributed by atoms with Gasteiger partial charge >= 0.3 is 0 Å². The van der Waals surface area contributed by atoms with Crippen LogP contribution in [-0.2, 0) is 31.9 Å². The maximum atomic E-state index is 6.68. The molecule has 10 aromatic rings. The summed E-state index contributed by atoms with van der Waals surface area (Å²) < 4.78 is 11.3. The number of rotatable bonds is 6. The van der Waals surface area contributed by atoms with Gasteiger partial charge in [-0.15, -0.1) is 48.1 Å². The SMILES string of the molecule is CC(C)(C)c1cccc(N2[CH-]N(c3[c-]c(Oc4[c-]c5c(cc4)c4cc(-n6c7ccccc7c7ccccc76)ccc4n5-c4cc(C(C)(C)C)ccn4)ccc3)c3ccccc32)c1.[Pt]. The molecule has 0 atom stereocenters. The van der Waals surface area contributed by atoms with Gasteiger partial charge in [-0.2, -0.15) is 12.1 Å². The summed E-state index contributed by atoms with van der Waals surface area (Å²) in [7, 11) is 0.